The van der Waals surface area contributed by atoms with Gasteiger partial charge in [0.25, 0.3) is 0 Å². The van der Waals surface area contributed by atoms with Crippen LogP contribution in [-0.4, -0.2) is 35.8 Å². The van der Waals surface area contributed by atoms with Gasteiger partial charge in [-0.2, -0.15) is 0 Å². The molecular weight excluding hydrogens is 252 g/mol. The SMILES string of the molecule is C=C(C)C(=O)SCC(CNC(C)=O)CNC(C)=O. The molecule has 0 aliphatic heterocycles. The molecule has 102 valence electrons. The van der Waals surface area contributed by atoms with Crippen molar-refractivity contribution in [3.05, 3.63) is 12.2 Å². The second-order valence-electron chi connectivity index (χ2n) is 4.12. The number of thioether (sulfide) groups is 1. The summed E-state index contributed by atoms with van der Waals surface area (Å²) in [5, 5.41) is 5.31. The van der Waals surface area contributed by atoms with Crippen LogP contribution in [0.3, 0.4) is 0 Å². The van der Waals surface area contributed by atoms with Crippen LogP contribution < -0.4 is 10.6 Å². The first kappa shape index (κ1) is 16.7. The molecule has 0 radical (unpaired) electrons. The van der Waals surface area contributed by atoms with E-state index in [1.807, 2.05) is 0 Å². The minimum Gasteiger partial charge on any atom is -0.356 e. The minimum atomic E-state index is -0.126. The Hall–Kier alpha value is -1.30. The molecule has 0 unspecified atom stereocenters. The van der Waals surface area contributed by atoms with E-state index in [0.29, 0.717) is 24.4 Å². The van der Waals surface area contributed by atoms with Gasteiger partial charge in [0.15, 0.2) is 0 Å². The normalized spacial score (nSPS) is 10.0. The third-order valence-electron chi connectivity index (χ3n) is 2.08. The average molecular weight is 272 g/mol. The predicted octanol–water partition coefficient (Wildman–Crippen LogP) is 0.711. The molecule has 2 amide bonds. The largest absolute Gasteiger partial charge is 0.356 e. The lowest BCUT2D eigenvalue weighted by Crippen LogP contribution is -2.36. The summed E-state index contributed by atoms with van der Waals surface area (Å²) < 4.78 is 0. The van der Waals surface area contributed by atoms with Gasteiger partial charge in [0.05, 0.1) is 0 Å². The highest BCUT2D eigenvalue weighted by molar-refractivity contribution is 8.14. The molecule has 0 saturated heterocycles. The third-order valence-corrected chi connectivity index (χ3v) is 3.33. The van der Waals surface area contributed by atoms with Crippen molar-refractivity contribution >= 4 is 28.7 Å². The van der Waals surface area contributed by atoms with Gasteiger partial charge >= 0.3 is 0 Å². The van der Waals surface area contributed by atoms with Crippen molar-refractivity contribution in [1.29, 1.82) is 0 Å². The lowest BCUT2D eigenvalue weighted by molar-refractivity contribution is -0.119. The second-order valence-corrected chi connectivity index (χ2v) is 5.11. The standard InChI is InChI=1S/C12H20N2O3S/c1-8(2)12(17)18-7-11(5-13-9(3)15)6-14-10(4)16/h11H,1,5-7H2,2-4H3,(H,13,15)(H,14,16). The van der Waals surface area contributed by atoms with Crippen LogP contribution in [0.1, 0.15) is 20.8 Å². The average Bonchev–Trinajstić information content (AvgIpc) is 2.26. The number of carbonyl (C=O) groups is 3. The van der Waals surface area contributed by atoms with Crippen LogP contribution in [0.25, 0.3) is 0 Å². The monoisotopic (exact) mass is 272 g/mol. The van der Waals surface area contributed by atoms with Gasteiger partial charge < -0.3 is 10.6 Å². The van der Waals surface area contributed by atoms with Crippen molar-refractivity contribution in [3.8, 4) is 0 Å². The summed E-state index contributed by atoms with van der Waals surface area (Å²) in [6.07, 6.45) is 0. The summed E-state index contributed by atoms with van der Waals surface area (Å²) in [7, 11) is 0. The predicted molar refractivity (Wildman–Crippen MR) is 73.1 cm³/mol. The molecule has 0 aromatic heterocycles. The molecule has 0 heterocycles. The number of amides is 2. The minimum absolute atomic E-state index is 0.0195. The maximum Gasteiger partial charge on any atom is 0.216 e. The molecule has 18 heavy (non-hydrogen) atoms. The molecule has 0 aromatic carbocycles. The Bertz CT molecular complexity index is 324. The second kappa shape index (κ2) is 8.74. The number of carbonyl (C=O) groups excluding carboxylic acids is 3. The number of hydrogen-bond acceptors (Lipinski definition) is 4. The molecule has 0 rings (SSSR count). The molecular formula is C12H20N2O3S. The maximum absolute atomic E-state index is 11.4. The highest BCUT2D eigenvalue weighted by atomic mass is 32.2. The Balaban J connectivity index is 4.18. The van der Waals surface area contributed by atoms with Gasteiger partial charge in [-0.15, -0.1) is 0 Å². The van der Waals surface area contributed by atoms with Crippen LogP contribution >= 0.6 is 11.8 Å². The maximum atomic E-state index is 11.4. The molecule has 0 aromatic rings. The zero-order chi connectivity index (χ0) is 14.1. The van der Waals surface area contributed by atoms with E-state index >= 15 is 0 Å². The Morgan fingerprint density at radius 1 is 1.06 bits per heavy atom. The lowest BCUT2D eigenvalue weighted by atomic mass is 10.2. The van der Waals surface area contributed by atoms with Crippen LogP contribution in [0.4, 0.5) is 0 Å². The van der Waals surface area contributed by atoms with Gasteiger partial charge in [-0.05, 0) is 12.5 Å². The summed E-state index contributed by atoms with van der Waals surface area (Å²) in [6.45, 7) is 8.97. The number of rotatable bonds is 7. The van der Waals surface area contributed by atoms with Crippen LogP contribution in [0.2, 0.25) is 0 Å². The van der Waals surface area contributed by atoms with E-state index in [2.05, 4.69) is 17.2 Å². The summed E-state index contributed by atoms with van der Waals surface area (Å²) in [6, 6.07) is 0. The van der Waals surface area contributed by atoms with Gasteiger partial charge in [-0.3, -0.25) is 14.4 Å². The van der Waals surface area contributed by atoms with Crippen molar-refractivity contribution in [2.24, 2.45) is 5.92 Å². The molecule has 2 N–H and O–H groups in total. The molecule has 0 fully saturated rings. The molecule has 5 nitrogen and oxygen atoms in total. The molecule has 0 saturated carbocycles. The van der Waals surface area contributed by atoms with Crippen molar-refractivity contribution < 1.29 is 14.4 Å². The van der Waals surface area contributed by atoms with E-state index in [9.17, 15) is 14.4 Å². The van der Waals surface area contributed by atoms with E-state index in [4.69, 9.17) is 0 Å². The topological polar surface area (TPSA) is 75.3 Å². The number of hydrogen-bond donors (Lipinski definition) is 2. The summed E-state index contributed by atoms with van der Waals surface area (Å²) in [5.74, 6) is 0.302. The van der Waals surface area contributed by atoms with Gasteiger partial charge in [0, 0.05) is 38.6 Å². The first-order valence-electron chi connectivity index (χ1n) is 5.64. The summed E-state index contributed by atoms with van der Waals surface area (Å²) in [4.78, 5) is 33.1. The molecule has 0 aliphatic rings. The van der Waals surface area contributed by atoms with Crippen molar-refractivity contribution in [2.75, 3.05) is 18.8 Å². The Kier molecular flexibility index (Phi) is 8.11. The van der Waals surface area contributed by atoms with Gasteiger partial charge in [-0.25, -0.2) is 0 Å². The van der Waals surface area contributed by atoms with Gasteiger partial charge in [0.1, 0.15) is 0 Å². The molecule has 0 atom stereocenters. The quantitative estimate of drug-likeness (QED) is 0.669. The van der Waals surface area contributed by atoms with E-state index in [1.54, 1.807) is 6.92 Å². The van der Waals surface area contributed by atoms with Crippen molar-refractivity contribution in [1.82, 2.24) is 10.6 Å². The zero-order valence-corrected chi connectivity index (χ0v) is 11.9. The van der Waals surface area contributed by atoms with E-state index in [-0.39, 0.29) is 22.8 Å². The number of nitrogens with one attached hydrogen (secondary N) is 2. The lowest BCUT2D eigenvalue weighted by Gasteiger charge is -2.16. The summed E-state index contributed by atoms with van der Waals surface area (Å²) >= 11 is 1.15. The van der Waals surface area contributed by atoms with E-state index < -0.39 is 0 Å². The van der Waals surface area contributed by atoms with Crippen molar-refractivity contribution in [2.45, 2.75) is 20.8 Å². The molecule has 6 heteroatoms. The molecule has 0 bridgehead atoms. The molecule has 0 spiro atoms. The fraction of sp³-hybridized carbons (Fsp3) is 0.583. The third kappa shape index (κ3) is 8.81. The Labute approximate surface area is 112 Å². The first-order valence-corrected chi connectivity index (χ1v) is 6.63. The first-order chi connectivity index (χ1) is 8.32. The smallest absolute Gasteiger partial charge is 0.216 e. The van der Waals surface area contributed by atoms with Crippen molar-refractivity contribution in [3.63, 3.8) is 0 Å². The Morgan fingerprint density at radius 2 is 1.50 bits per heavy atom. The van der Waals surface area contributed by atoms with Crippen LogP contribution in [0, 0.1) is 5.92 Å². The highest BCUT2D eigenvalue weighted by Gasteiger charge is 2.13. The van der Waals surface area contributed by atoms with Gasteiger partial charge in [0.2, 0.25) is 16.9 Å². The van der Waals surface area contributed by atoms with E-state index in [1.165, 1.54) is 13.8 Å². The van der Waals surface area contributed by atoms with Crippen LogP contribution in [0.5, 0.6) is 0 Å². The fourth-order valence-corrected chi connectivity index (χ4v) is 1.95. The zero-order valence-electron chi connectivity index (χ0n) is 11.0. The fourth-order valence-electron chi connectivity index (χ4n) is 1.08. The highest BCUT2D eigenvalue weighted by Crippen LogP contribution is 2.13. The van der Waals surface area contributed by atoms with Crippen LogP contribution in [-0.2, 0) is 14.4 Å². The summed E-state index contributed by atoms with van der Waals surface area (Å²) in [5.41, 5.74) is 0.498. The molecule has 0 aliphatic carbocycles. The van der Waals surface area contributed by atoms with Gasteiger partial charge in [-0.1, -0.05) is 18.3 Å². The van der Waals surface area contributed by atoms with E-state index in [0.717, 1.165) is 11.8 Å². The Morgan fingerprint density at radius 3 is 1.83 bits per heavy atom. The van der Waals surface area contributed by atoms with Crippen LogP contribution in [0.15, 0.2) is 12.2 Å².